The monoisotopic (exact) mass is 277 g/mol. The van der Waals surface area contributed by atoms with Crippen LogP contribution in [0.25, 0.3) is 0 Å². The minimum absolute atomic E-state index is 0.0180. The van der Waals surface area contributed by atoms with Crippen LogP contribution in [-0.2, 0) is 0 Å². The van der Waals surface area contributed by atoms with E-state index in [-0.39, 0.29) is 48.5 Å². The number of nitrogens with one attached hydrogen (secondary N) is 1. The molecule has 20 heavy (non-hydrogen) atoms. The Hall–Kier alpha value is -2.45. The molecule has 0 aromatic heterocycles. The fourth-order valence-corrected chi connectivity index (χ4v) is 1.75. The summed E-state index contributed by atoms with van der Waals surface area (Å²) in [6.07, 6.45) is 0. The van der Waals surface area contributed by atoms with Crippen LogP contribution in [0, 0.1) is 5.41 Å². The van der Waals surface area contributed by atoms with Crippen molar-refractivity contribution >= 4 is 28.6 Å². The van der Waals surface area contributed by atoms with E-state index >= 15 is 0 Å². The standard InChI is InChI=1S/C12H15N5O3/c13-8-5-7(20)1-2-9(8)15-11-10(6-19)16-17(3-4-18)12(11)14/h1-2,5,14,18-20H,3-4,6,13H2. The quantitative estimate of drug-likeness (QED) is 0.480. The first-order valence-corrected chi connectivity index (χ1v) is 5.90. The Morgan fingerprint density at radius 3 is 2.70 bits per heavy atom. The molecule has 0 fully saturated rings. The van der Waals surface area contributed by atoms with Crippen molar-refractivity contribution in [2.75, 3.05) is 25.5 Å². The SMILES string of the molecule is N=C1C(=Nc2ccc(O)cc2N)C(CO)=NN1CCO. The molecule has 106 valence electrons. The number of β-amino-alcohol motifs (C(OH)–C–C–N with tert-alkyl or cyclic N) is 1. The summed E-state index contributed by atoms with van der Waals surface area (Å²) in [4.78, 5) is 4.21. The molecule has 0 saturated heterocycles. The number of phenols is 1. The van der Waals surface area contributed by atoms with Gasteiger partial charge in [0.15, 0.2) is 5.84 Å². The highest BCUT2D eigenvalue weighted by Crippen LogP contribution is 2.27. The normalized spacial score (nSPS) is 16.9. The zero-order valence-electron chi connectivity index (χ0n) is 10.6. The lowest BCUT2D eigenvalue weighted by atomic mass is 10.2. The second-order valence-electron chi connectivity index (χ2n) is 4.10. The van der Waals surface area contributed by atoms with Crippen LogP contribution < -0.4 is 5.73 Å². The van der Waals surface area contributed by atoms with Crippen LogP contribution in [0.5, 0.6) is 5.75 Å². The predicted molar refractivity (Wildman–Crippen MR) is 75.7 cm³/mol. The summed E-state index contributed by atoms with van der Waals surface area (Å²) >= 11 is 0. The van der Waals surface area contributed by atoms with Crippen LogP contribution in [0.15, 0.2) is 28.3 Å². The van der Waals surface area contributed by atoms with Gasteiger partial charge in [-0.2, -0.15) is 5.10 Å². The number of nitrogens with zero attached hydrogens (tertiary/aromatic N) is 3. The molecule has 0 spiro atoms. The van der Waals surface area contributed by atoms with Crippen molar-refractivity contribution in [2.24, 2.45) is 10.1 Å². The van der Waals surface area contributed by atoms with E-state index < -0.39 is 0 Å². The van der Waals surface area contributed by atoms with Gasteiger partial charge in [-0.3, -0.25) is 5.41 Å². The number of phenolic OH excluding ortho intramolecular Hbond substituents is 1. The van der Waals surface area contributed by atoms with Crippen molar-refractivity contribution in [1.29, 1.82) is 5.41 Å². The van der Waals surface area contributed by atoms with Crippen LogP contribution >= 0.6 is 0 Å². The molecule has 2 rings (SSSR count). The third-order valence-electron chi connectivity index (χ3n) is 2.70. The number of rotatable bonds is 4. The van der Waals surface area contributed by atoms with Gasteiger partial charge in [0.25, 0.3) is 0 Å². The highest BCUT2D eigenvalue weighted by atomic mass is 16.3. The number of aliphatic imine (C=N–C) groups is 1. The molecule has 0 aliphatic carbocycles. The average molecular weight is 277 g/mol. The summed E-state index contributed by atoms with van der Waals surface area (Å²) in [5.41, 5.74) is 6.78. The lowest BCUT2D eigenvalue weighted by Crippen LogP contribution is -2.29. The molecule has 0 amide bonds. The Morgan fingerprint density at radius 1 is 1.35 bits per heavy atom. The summed E-state index contributed by atoms with van der Waals surface area (Å²) in [6.45, 7) is -0.396. The van der Waals surface area contributed by atoms with Gasteiger partial charge in [-0.25, -0.2) is 10.0 Å². The first-order chi connectivity index (χ1) is 9.56. The van der Waals surface area contributed by atoms with E-state index in [9.17, 15) is 10.2 Å². The van der Waals surface area contributed by atoms with Crippen molar-refractivity contribution in [3.63, 3.8) is 0 Å². The maximum atomic E-state index is 9.29. The van der Waals surface area contributed by atoms with Gasteiger partial charge in [-0.05, 0) is 12.1 Å². The Bertz CT molecular complexity index is 597. The number of hydrazone groups is 1. The summed E-state index contributed by atoms with van der Waals surface area (Å²) < 4.78 is 0. The smallest absolute Gasteiger partial charge is 0.169 e. The highest BCUT2D eigenvalue weighted by Gasteiger charge is 2.27. The van der Waals surface area contributed by atoms with Crippen molar-refractivity contribution < 1.29 is 15.3 Å². The van der Waals surface area contributed by atoms with Gasteiger partial charge in [0, 0.05) is 6.07 Å². The number of nitrogen functional groups attached to an aromatic ring is 1. The lowest BCUT2D eigenvalue weighted by Gasteiger charge is -2.11. The largest absolute Gasteiger partial charge is 0.508 e. The van der Waals surface area contributed by atoms with Crippen molar-refractivity contribution in [2.45, 2.75) is 0 Å². The lowest BCUT2D eigenvalue weighted by molar-refractivity contribution is 0.254. The first-order valence-electron chi connectivity index (χ1n) is 5.90. The number of hydrogen-bond donors (Lipinski definition) is 5. The molecular formula is C12H15N5O3. The van der Waals surface area contributed by atoms with E-state index in [2.05, 4.69) is 10.1 Å². The second kappa shape index (κ2) is 5.68. The van der Waals surface area contributed by atoms with Crippen molar-refractivity contribution in [1.82, 2.24) is 5.01 Å². The summed E-state index contributed by atoms with van der Waals surface area (Å²) in [7, 11) is 0. The van der Waals surface area contributed by atoms with E-state index in [1.54, 1.807) is 0 Å². The average Bonchev–Trinajstić information content (AvgIpc) is 2.71. The third-order valence-corrected chi connectivity index (χ3v) is 2.70. The Kier molecular flexibility index (Phi) is 3.97. The maximum absolute atomic E-state index is 9.29. The zero-order chi connectivity index (χ0) is 14.7. The number of amidine groups is 1. The molecule has 8 nitrogen and oxygen atoms in total. The number of aliphatic hydroxyl groups excluding tert-OH is 2. The van der Waals surface area contributed by atoms with E-state index in [4.69, 9.17) is 16.2 Å². The van der Waals surface area contributed by atoms with Crippen LogP contribution in [0.4, 0.5) is 11.4 Å². The fourth-order valence-electron chi connectivity index (χ4n) is 1.75. The Labute approximate surface area is 115 Å². The molecule has 0 radical (unpaired) electrons. The minimum atomic E-state index is -0.374. The van der Waals surface area contributed by atoms with Crippen LogP contribution in [0.1, 0.15) is 0 Å². The number of aromatic hydroxyl groups is 1. The van der Waals surface area contributed by atoms with E-state index in [0.717, 1.165) is 0 Å². The van der Waals surface area contributed by atoms with Crippen LogP contribution in [0.3, 0.4) is 0 Å². The molecule has 6 N–H and O–H groups in total. The molecule has 1 aromatic rings. The topological polar surface area (TPSA) is 139 Å². The molecule has 0 saturated carbocycles. The number of benzene rings is 1. The molecular weight excluding hydrogens is 262 g/mol. The van der Waals surface area contributed by atoms with E-state index in [1.807, 2.05) is 0 Å². The Balaban J connectivity index is 2.38. The van der Waals surface area contributed by atoms with Crippen molar-refractivity contribution in [3.05, 3.63) is 18.2 Å². The van der Waals surface area contributed by atoms with Crippen LogP contribution in [0.2, 0.25) is 0 Å². The molecule has 1 aromatic carbocycles. The molecule has 8 heteroatoms. The van der Waals surface area contributed by atoms with Crippen LogP contribution in [-0.4, -0.2) is 57.3 Å². The first kappa shape index (κ1) is 14.0. The molecule has 1 heterocycles. The van der Waals surface area contributed by atoms with Gasteiger partial charge in [0.1, 0.15) is 17.2 Å². The zero-order valence-corrected chi connectivity index (χ0v) is 10.6. The third kappa shape index (κ3) is 2.60. The molecule has 0 bridgehead atoms. The van der Waals surface area contributed by atoms with E-state index in [0.29, 0.717) is 5.69 Å². The Morgan fingerprint density at radius 2 is 2.10 bits per heavy atom. The summed E-state index contributed by atoms with van der Waals surface area (Å²) in [5.74, 6) is 0.00137. The minimum Gasteiger partial charge on any atom is -0.508 e. The molecule has 0 unspecified atom stereocenters. The molecule has 0 atom stereocenters. The van der Waals surface area contributed by atoms with Gasteiger partial charge in [-0.1, -0.05) is 0 Å². The van der Waals surface area contributed by atoms with Gasteiger partial charge in [0.2, 0.25) is 0 Å². The van der Waals surface area contributed by atoms with Crippen molar-refractivity contribution in [3.8, 4) is 5.75 Å². The summed E-state index contributed by atoms with van der Waals surface area (Å²) in [6, 6.07) is 4.28. The highest BCUT2D eigenvalue weighted by molar-refractivity contribution is 6.70. The van der Waals surface area contributed by atoms with Gasteiger partial charge < -0.3 is 21.1 Å². The number of aliphatic hydroxyl groups is 2. The number of hydrogen-bond acceptors (Lipinski definition) is 7. The fraction of sp³-hybridized carbons (Fsp3) is 0.250. The second-order valence-corrected chi connectivity index (χ2v) is 4.10. The predicted octanol–water partition coefficient (Wildman–Crippen LogP) is -0.320. The van der Waals surface area contributed by atoms with Gasteiger partial charge in [-0.15, -0.1) is 0 Å². The van der Waals surface area contributed by atoms with Gasteiger partial charge >= 0.3 is 0 Å². The summed E-state index contributed by atoms with van der Waals surface area (Å²) in [5, 5.41) is 40.6. The molecule has 1 aliphatic heterocycles. The van der Waals surface area contributed by atoms with E-state index in [1.165, 1.54) is 23.2 Å². The maximum Gasteiger partial charge on any atom is 0.169 e. The number of anilines is 1. The van der Waals surface area contributed by atoms with Gasteiger partial charge in [0.05, 0.1) is 31.1 Å². The number of nitrogens with two attached hydrogens (primary N) is 1. The molecule has 1 aliphatic rings.